The first-order valence-corrected chi connectivity index (χ1v) is 9.25. The molecule has 0 amide bonds. The largest absolute Gasteiger partial charge is 0.505 e. The van der Waals surface area contributed by atoms with E-state index in [1.165, 1.54) is 6.33 Å². The minimum absolute atomic E-state index is 0.0251. The Bertz CT molecular complexity index is 1050. The predicted octanol–water partition coefficient (Wildman–Crippen LogP) is 3.11. The molecule has 0 spiro atoms. The third kappa shape index (κ3) is 4.89. The molecule has 30 heavy (non-hydrogen) atoms. The molecule has 0 aliphatic carbocycles. The lowest BCUT2D eigenvalue weighted by atomic mass is 10.1. The summed E-state index contributed by atoms with van der Waals surface area (Å²) in [5, 5.41) is 14.2. The van der Waals surface area contributed by atoms with Gasteiger partial charge in [0.15, 0.2) is 17.2 Å². The minimum atomic E-state index is -0.0251. The van der Waals surface area contributed by atoms with Crippen molar-refractivity contribution < 1.29 is 24.1 Å². The molecule has 0 saturated heterocycles. The number of benzene rings is 2. The fourth-order valence-electron chi connectivity index (χ4n) is 2.75. The fourth-order valence-corrected chi connectivity index (χ4v) is 2.75. The first kappa shape index (κ1) is 21.2. The third-order valence-corrected chi connectivity index (χ3v) is 4.24. The van der Waals surface area contributed by atoms with E-state index in [1.807, 2.05) is 0 Å². The summed E-state index contributed by atoms with van der Waals surface area (Å²) in [5.41, 5.74) is 1.47. The fraction of sp³-hybridized carbons (Fsp3) is 0.273. The number of aromatic hydroxyl groups is 1. The molecule has 0 aliphatic rings. The van der Waals surface area contributed by atoms with Crippen molar-refractivity contribution in [2.24, 2.45) is 0 Å². The van der Waals surface area contributed by atoms with Gasteiger partial charge in [-0.25, -0.2) is 9.97 Å². The molecule has 2 aromatic carbocycles. The highest BCUT2D eigenvalue weighted by Crippen LogP contribution is 2.36. The number of rotatable bonds is 10. The zero-order chi connectivity index (χ0) is 21.3. The number of para-hydroxylation sites is 1. The normalized spacial score (nSPS) is 10.6. The highest BCUT2D eigenvalue weighted by molar-refractivity contribution is 5.93. The Balaban J connectivity index is 1.99. The van der Waals surface area contributed by atoms with E-state index in [1.54, 1.807) is 44.6 Å². The molecule has 8 heteroatoms. The first-order valence-electron chi connectivity index (χ1n) is 9.25. The van der Waals surface area contributed by atoms with Crippen LogP contribution >= 0.6 is 0 Å². The van der Waals surface area contributed by atoms with Crippen molar-refractivity contribution in [3.05, 3.63) is 42.2 Å². The van der Waals surface area contributed by atoms with Crippen molar-refractivity contribution in [2.45, 2.75) is 0 Å². The van der Waals surface area contributed by atoms with Gasteiger partial charge in [0.25, 0.3) is 0 Å². The van der Waals surface area contributed by atoms with Gasteiger partial charge in [0, 0.05) is 25.7 Å². The Hall–Kier alpha value is -3.54. The van der Waals surface area contributed by atoms with E-state index in [4.69, 9.17) is 25.4 Å². The number of nitrogens with one attached hydrogen (secondary N) is 1. The maximum absolute atomic E-state index is 10.4. The molecule has 0 atom stereocenters. The number of phenolic OH excluding ortho intramolecular Hbond substituents is 1. The highest BCUT2D eigenvalue weighted by atomic mass is 16.5. The van der Waals surface area contributed by atoms with Gasteiger partial charge < -0.3 is 29.4 Å². The van der Waals surface area contributed by atoms with Crippen molar-refractivity contribution in [2.75, 3.05) is 46.0 Å². The van der Waals surface area contributed by atoms with Crippen LogP contribution in [0.15, 0.2) is 36.7 Å². The third-order valence-electron chi connectivity index (χ3n) is 4.24. The second kappa shape index (κ2) is 10.3. The van der Waals surface area contributed by atoms with Crippen LogP contribution in [0.3, 0.4) is 0 Å². The molecule has 0 saturated carbocycles. The van der Waals surface area contributed by atoms with Crippen LogP contribution in [0.25, 0.3) is 10.9 Å². The van der Waals surface area contributed by atoms with Crippen LogP contribution in [0.2, 0.25) is 0 Å². The number of phenols is 1. The highest BCUT2D eigenvalue weighted by Gasteiger charge is 2.14. The first-order chi connectivity index (χ1) is 14.7. The van der Waals surface area contributed by atoms with Crippen LogP contribution in [0.4, 0.5) is 11.5 Å². The van der Waals surface area contributed by atoms with Crippen LogP contribution in [0.5, 0.6) is 17.2 Å². The number of fused-ring (bicyclic) bond motifs is 1. The van der Waals surface area contributed by atoms with E-state index >= 15 is 0 Å². The molecule has 0 bridgehead atoms. The van der Waals surface area contributed by atoms with E-state index in [0.717, 1.165) is 0 Å². The number of anilines is 2. The topological polar surface area (TPSA) is 95.0 Å². The summed E-state index contributed by atoms with van der Waals surface area (Å²) in [6.45, 7) is 1.59. The van der Waals surface area contributed by atoms with Gasteiger partial charge in [0.1, 0.15) is 25.4 Å². The van der Waals surface area contributed by atoms with Crippen molar-refractivity contribution in [1.29, 1.82) is 0 Å². The minimum Gasteiger partial charge on any atom is -0.505 e. The van der Waals surface area contributed by atoms with E-state index in [9.17, 15) is 5.11 Å². The Morgan fingerprint density at radius 3 is 2.37 bits per heavy atom. The zero-order valence-electron chi connectivity index (χ0n) is 16.8. The van der Waals surface area contributed by atoms with E-state index < -0.39 is 0 Å². The molecule has 0 aliphatic heterocycles. The lowest BCUT2D eigenvalue weighted by Crippen LogP contribution is -2.09. The smallest absolute Gasteiger partial charge is 0.163 e. The average molecular weight is 409 g/mol. The maximum Gasteiger partial charge on any atom is 0.163 e. The van der Waals surface area contributed by atoms with Crippen molar-refractivity contribution in [3.8, 4) is 29.6 Å². The second-order valence-corrected chi connectivity index (χ2v) is 6.19. The molecule has 0 radical (unpaired) electrons. The number of methoxy groups -OCH3 is 2. The SMILES string of the molecule is C#Cc1cccc(Nc2ncnc3cc(OCCOC)c(OCCOC)cc23)c1O. The Morgan fingerprint density at radius 1 is 1.00 bits per heavy atom. The van der Waals surface area contributed by atoms with Gasteiger partial charge in [-0.1, -0.05) is 12.0 Å². The number of ether oxygens (including phenoxy) is 4. The molecule has 1 heterocycles. The Kier molecular flexibility index (Phi) is 7.27. The lowest BCUT2D eigenvalue weighted by Gasteiger charge is -2.15. The van der Waals surface area contributed by atoms with Crippen LogP contribution in [-0.2, 0) is 9.47 Å². The maximum atomic E-state index is 10.4. The van der Waals surface area contributed by atoms with E-state index in [0.29, 0.717) is 65.9 Å². The summed E-state index contributed by atoms with van der Waals surface area (Å²) < 4.78 is 21.7. The number of hydrogen-bond donors (Lipinski definition) is 2. The molecular weight excluding hydrogens is 386 g/mol. The summed E-state index contributed by atoms with van der Waals surface area (Å²) in [6.07, 6.45) is 6.86. The van der Waals surface area contributed by atoms with Crippen LogP contribution in [0, 0.1) is 12.3 Å². The van der Waals surface area contributed by atoms with E-state index in [-0.39, 0.29) is 5.75 Å². The quantitative estimate of drug-likeness (QED) is 0.300. The van der Waals surface area contributed by atoms with Gasteiger partial charge in [-0.2, -0.15) is 0 Å². The molecule has 0 unspecified atom stereocenters. The Labute approximate surface area is 174 Å². The lowest BCUT2D eigenvalue weighted by molar-refractivity contribution is 0.132. The molecule has 3 aromatic rings. The van der Waals surface area contributed by atoms with Crippen molar-refractivity contribution in [1.82, 2.24) is 9.97 Å². The molecule has 1 aromatic heterocycles. The van der Waals surface area contributed by atoms with Gasteiger partial charge >= 0.3 is 0 Å². The molecule has 0 fully saturated rings. The monoisotopic (exact) mass is 409 g/mol. The summed E-state index contributed by atoms with van der Waals surface area (Å²) in [5.74, 6) is 3.97. The summed E-state index contributed by atoms with van der Waals surface area (Å²) in [7, 11) is 3.21. The summed E-state index contributed by atoms with van der Waals surface area (Å²) in [6, 6.07) is 8.68. The number of nitrogens with zero attached hydrogens (tertiary/aromatic N) is 2. The standard InChI is InChI=1S/C22H23N3O5/c1-4-15-6-5-7-17(21(15)26)25-22-16-12-19(29-10-8-27-2)20(30-11-9-28-3)13-18(16)23-14-24-22/h1,5-7,12-14,26H,8-11H2,2-3H3,(H,23,24,25). The molecule has 3 rings (SSSR count). The molecule has 8 nitrogen and oxygen atoms in total. The molecular formula is C22H23N3O5. The number of hydrogen-bond acceptors (Lipinski definition) is 8. The van der Waals surface area contributed by atoms with Gasteiger partial charge in [-0.05, 0) is 18.2 Å². The zero-order valence-corrected chi connectivity index (χ0v) is 16.8. The van der Waals surface area contributed by atoms with Gasteiger partial charge in [-0.15, -0.1) is 6.42 Å². The van der Waals surface area contributed by atoms with Gasteiger partial charge in [0.2, 0.25) is 0 Å². The molecule has 2 N–H and O–H groups in total. The molecule has 156 valence electrons. The van der Waals surface area contributed by atoms with E-state index in [2.05, 4.69) is 21.2 Å². The summed E-state index contributed by atoms with van der Waals surface area (Å²) in [4.78, 5) is 8.64. The van der Waals surface area contributed by atoms with Gasteiger partial charge in [-0.3, -0.25) is 0 Å². The predicted molar refractivity (Wildman–Crippen MR) is 114 cm³/mol. The average Bonchev–Trinajstić information content (AvgIpc) is 2.76. The van der Waals surface area contributed by atoms with Crippen LogP contribution < -0.4 is 14.8 Å². The number of aromatic nitrogens is 2. The van der Waals surface area contributed by atoms with Crippen LogP contribution in [0.1, 0.15) is 5.56 Å². The second-order valence-electron chi connectivity index (χ2n) is 6.19. The van der Waals surface area contributed by atoms with Crippen LogP contribution in [-0.4, -0.2) is 55.7 Å². The van der Waals surface area contributed by atoms with Crippen molar-refractivity contribution >= 4 is 22.4 Å². The number of terminal acetylenes is 1. The van der Waals surface area contributed by atoms with Crippen molar-refractivity contribution in [3.63, 3.8) is 0 Å². The Morgan fingerprint density at radius 2 is 1.70 bits per heavy atom. The summed E-state index contributed by atoms with van der Waals surface area (Å²) >= 11 is 0. The van der Waals surface area contributed by atoms with Gasteiger partial charge in [0.05, 0.1) is 30.0 Å².